The molecule has 3 N–H and O–H groups in total. The third-order valence-corrected chi connectivity index (χ3v) is 8.68. The van der Waals surface area contributed by atoms with Crippen LogP contribution in [0.3, 0.4) is 0 Å². The number of aliphatic hydroxyl groups excluding tert-OH is 1. The Morgan fingerprint density at radius 1 is 1.44 bits per heavy atom. The molecule has 0 rings (SSSR count). The molecule has 0 saturated heterocycles. The highest BCUT2D eigenvalue weighted by molar-refractivity contribution is 6.84. The fourth-order valence-electron chi connectivity index (χ4n) is 1.23. The minimum atomic E-state index is -1.50. The van der Waals surface area contributed by atoms with E-state index in [1.165, 1.54) is 0 Å². The van der Waals surface area contributed by atoms with Gasteiger partial charge in [-0.15, -0.1) is 0 Å². The Labute approximate surface area is 111 Å². The molecule has 0 aromatic rings. The van der Waals surface area contributed by atoms with Crippen molar-refractivity contribution >= 4 is 14.2 Å². The monoisotopic (exact) mass is 273 g/mol. The zero-order valence-electron chi connectivity index (χ0n) is 12.4. The van der Waals surface area contributed by atoms with Crippen LogP contribution in [0.1, 0.15) is 27.7 Å². The molecule has 0 spiro atoms. The van der Waals surface area contributed by atoms with E-state index < -0.39 is 20.3 Å². The molecule has 0 bridgehead atoms. The molecule has 106 valence electrons. The predicted molar refractivity (Wildman–Crippen MR) is 77.0 cm³/mol. The van der Waals surface area contributed by atoms with Gasteiger partial charge in [0.2, 0.25) is 0 Å². The number of rotatable bonds is 5. The van der Waals surface area contributed by atoms with E-state index in [2.05, 4.69) is 39.6 Å². The van der Waals surface area contributed by atoms with Crippen LogP contribution in [0.25, 0.3) is 0 Å². The molecule has 18 heavy (non-hydrogen) atoms. The van der Waals surface area contributed by atoms with Crippen LogP contribution < -0.4 is 5.73 Å². The Morgan fingerprint density at radius 2 is 1.94 bits per heavy atom. The van der Waals surface area contributed by atoms with Gasteiger partial charge < -0.3 is 15.6 Å². The summed E-state index contributed by atoms with van der Waals surface area (Å²) in [6.45, 7) is 13.0. The lowest BCUT2D eigenvalue weighted by atomic mass is 10.1. The van der Waals surface area contributed by atoms with Crippen LogP contribution in [0.15, 0.2) is 11.8 Å². The van der Waals surface area contributed by atoms with Crippen molar-refractivity contribution in [2.24, 2.45) is 11.7 Å². The minimum Gasteiger partial charge on any atom is -0.443 e. The number of amides is 1. The fourth-order valence-corrected chi connectivity index (χ4v) is 2.51. The summed E-state index contributed by atoms with van der Waals surface area (Å²) in [5.41, 5.74) is 7.21. The summed E-state index contributed by atoms with van der Waals surface area (Å²) in [6, 6.07) is 0. The van der Waals surface area contributed by atoms with Gasteiger partial charge in [-0.3, -0.25) is 0 Å². The van der Waals surface area contributed by atoms with E-state index in [4.69, 9.17) is 10.5 Å². The molecule has 0 aromatic heterocycles. The van der Waals surface area contributed by atoms with Gasteiger partial charge in [0.1, 0.15) is 6.10 Å². The van der Waals surface area contributed by atoms with Gasteiger partial charge in [0.15, 0.2) is 0 Å². The van der Waals surface area contributed by atoms with Crippen molar-refractivity contribution in [2.45, 2.75) is 51.9 Å². The van der Waals surface area contributed by atoms with Crippen LogP contribution in [0.2, 0.25) is 18.1 Å². The number of primary amides is 1. The van der Waals surface area contributed by atoms with Crippen molar-refractivity contribution in [2.75, 3.05) is 6.61 Å². The quantitative estimate of drug-likeness (QED) is 0.756. The van der Waals surface area contributed by atoms with Crippen LogP contribution in [-0.4, -0.2) is 32.0 Å². The van der Waals surface area contributed by atoms with E-state index in [-0.39, 0.29) is 17.6 Å². The van der Waals surface area contributed by atoms with Crippen molar-refractivity contribution < 1.29 is 14.6 Å². The average Bonchev–Trinajstić information content (AvgIpc) is 2.20. The van der Waals surface area contributed by atoms with E-state index in [1.54, 1.807) is 0 Å². The van der Waals surface area contributed by atoms with Crippen molar-refractivity contribution in [1.82, 2.24) is 0 Å². The topological polar surface area (TPSA) is 72.6 Å². The third-order valence-electron chi connectivity index (χ3n) is 3.78. The summed E-state index contributed by atoms with van der Waals surface area (Å²) in [4.78, 5) is 10.7. The lowest BCUT2D eigenvalue weighted by molar-refractivity contribution is 0.0434. The van der Waals surface area contributed by atoms with Crippen LogP contribution in [0.5, 0.6) is 0 Å². The predicted octanol–water partition coefficient (Wildman–Crippen LogP) is 2.68. The van der Waals surface area contributed by atoms with E-state index in [9.17, 15) is 9.90 Å². The highest BCUT2D eigenvalue weighted by Gasteiger charge is 2.32. The number of hydrogen-bond acceptors (Lipinski definition) is 3. The largest absolute Gasteiger partial charge is 0.443 e. The Hall–Kier alpha value is -0.813. The number of carbonyl (C=O) groups excluding carboxylic acids is 1. The number of carbonyl (C=O) groups is 1. The molecule has 1 amide bonds. The molecule has 0 unspecified atom stereocenters. The van der Waals surface area contributed by atoms with Gasteiger partial charge in [-0.1, -0.05) is 52.6 Å². The molecule has 5 heteroatoms. The number of hydrogen-bond donors (Lipinski definition) is 2. The van der Waals surface area contributed by atoms with Crippen LogP contribution in [0, 0.1) is 5.92 Å². The maximum atomic E-state index is 10.7. The SMILES string of the molecule is C[C@@H](C=C[Si](C)(C)C(C)(C)C)[C@@H](CO)OC(N)=O. The first kappa shape index (κ1) is 17.2. The van der Waals surface area contributed by atoms with E-state index >= 15 is 0 Å². The molecule has 0 fully saturated rings. The highest BCUT2D eigenvalue weighted by atomic mass is 28.3. The molecule has 0 aliphatic rings. The Balaban J connectivity index is 4.72. The van der Waals surface area contributed by atoms with E-state index in [0.29, 0.717) is 0 Å². The second-order valence-electron chi connectivity index (χ2n) is 6.35. The summed E-state index contributed by atoms with van der Waals surface area (Å²) >= 11 is 0. The smallest absolute Gasteiger partial charge is 0.404 e. The summed E-state index contributed by atoms with van der Waals surface area (Å²) in [6.07, 6.45) is 0.617. The van der Waals surface area contributed by atoms with Crippen molar-refractivity contribution in [3.05, 3.63) is 11.8 Å². The maximum absolute atomic E-state index is 10.7. The van der Waals surface area contributed by atoms with Crippen LogP contribution >= 0.6 is 0 Å². The molecular formula is C13H27NO3Si. The lowest BCUT2D eigenvalue weighted by Gasteiger charge is -2.34. The first-order valence-corrected chi connectivity index (χ1v) is 9.35. The number of aliphatic hydroxyl groups is 1. The molecule has 4 nitrogen and oxygen atoms in total. The van der Waals surface area contributed by atoms with Gasteiger partial charge in [-0.05, 0) is 5.04 Å². The maximum Gasteiger partial charge on any atom is 0.404 e. The van der Waals surface area contributed by atoms with Crippen LogP contribution in [0.4, 0.5) is 4.79 Å². The molecule has 2 atom stereocenters. The Morgan fingerprint density at radius 3 is 2.28 bits per heavy atom. The molecule has 0 aliphatic carbocycles. The van der Waals surface area contributed by atoms with Gasteiger partial charge in [0.25, 0.3) is 0 Å². The van der Waals surface area contributed by atoms with Crippen molar-refractivity contribution in [3.63, 3.8) is 0 Å². The highest BCUT2D eigenvalue weighted by Crippen LogP contribution is 2.36. The zero-order chi connectivity index (χ0) is 14.6. The second kappa shape index (κ2) is 6.38. The summed E-state index contributed by atoms with van der Waals surface area (Å²) < 4.78 is 4.87. The Bertz CT molecular complexity index is 308. The normalized spacial score (nSPS) is 16.6. The second-order valence-corrected chi connectivity index (χ2v) is 11.6. The first-order valence-electron chi connectivity index (χ1n) is 6.27. The average molecular weight is 273 g/mol. The molecular weight excluding hydrogens is 246 g/mol. The number of nitrogens with two attached hydrogens (primary N) is 1. The first-order chi connectivity index (χ1) is 8.01. The van der Waals surface area contributed by atoms with Gasteiger partial charge in [-0.25, -0.2) is 4.79 Å². The summed E-state index contributed by atoms with van der Waals surface area (Å²) in [7, 11) is -1.50. The summed E-state index contributed by atoms with van der Waals surface area (Å²) in [5.74, 6) is -0.0448. The molecule has 0 aromatic carbocycles. The van der Waals surface area contributed by atoms with Crippen LogP contribution in [-0.2, 0) is 4.74 Å². The standard InChI is InChI=1S/C13H27NO3Si/c1-10(11(9-15)17-12(14)16)7-8-18(5,6)13(2,3)4/h7-8,10-11,15H,9H2,1-6H3,(H2,14,16)/t10-,11+/m0/s1. The molecule has 0 aliphatic heterocycles. The summed E-state index contributed by atoms with van der Waals surface area (Å²) in [5, 5.41) is 9.45. The van der Waals surface area contributed by atoms with E-state index in [1.807, 2.05) is 13.0 Å². The van der Waals surface area contributed by atoms with E-state index in [0.717, 1.165) is 0 Å². The van der Waals surface area contributed by atoms with Crippen molar-refractivity contribution in [1.29, 1.82) is 0 Å². The van der Waals surface area contributed by atoms with Crippen molar-refractivity contribution in [3.8, 4) is 0 Å². The fraction of sp³-hybridized carbons (Fsp3) is 0.769. The molecule has 0 heterocycles. The minimum absolute atomic E-state index is 0.0448. The lowest BCUT2D eigenvalue weighted by Crippen LogP contribution is -2.36. The van der Waals surface area contributed by atoms with Gasteiger partial charge in [0, 0.05) is 5.92 Å². The Kier molecular flexibility index (Phi) is 6.09. The number of ether oxygens (including phenoxy) is 1. The van der Waals surface area contributed by atoms with Gasteiger partial charge in [-0.2, -0.15) is 0 Å². The third kappa shape index (κ3) is 5.22. The zero-order valence-corrected chi connectivity index (χ0v) is 13.4. The van der Waals surface area contributed by atoms with Gasteiger partial charge in [0.05, 0.1) is 14.7 Å². The molecule has 0 saturated carbocycles. The van der Waals surface area contributed by atoms with Gasteiger partial charge >= 0.3 is 6.09 Å². The molecule has 0 radical (unpaired) electrons.